The zero-order valence-corrected chi connectivity index (χ0v) is 8.52. The van der Waals surface area contributed by atoms with E-state index in [1.165, 1.54) is 11.8 Å². The Kier molecular flexibility index (Phi) is 3.04. The lowest BCUT2D eigenvalue weighted by molar-refractivity contribution is 0.112. The van der Waals surface area contributed by atoms with E-state index in [0.717, 1.165) is 6.29 Å². The number of hydrogen-bond donors (Lipinski definition) is 0. The van der Waals surface area contributed by atoms with Gasteiger partial charge in [-0.2, -0.15) is 0 Å². The van der Waals surface area contributed by atoms with Gasteiger partial charge in [-0.15, -0.1) is 0 Å². The first-order chi connectivity index (χ1) is 7.40. The van der Waals surface area contributed by atoms with Crippen molar-refractivity contribution in [2.24, 2.45) is 0 Å². The Morgan fingerprint density at radius 3 is 2.53 bits per heavy atom. The molecule has 0 N–H and O–H groups in total. The third-order valence-electron chi connectivity index (χ3n) is 1.66. The Morgan fingerprint density at radius 2 is 1.80 bits per heavy atom. The fourth-order valence-corrected chi connectivity index (χ4v) is 1.75. The van der Waals surface area contributed by atoms with Crippen LogP contribution in [0, 0.1) is 0 Å². The molecule has 74 valence electrons. The van der Waals surface area contributed by atoms with E-state index in [1.807, 2.05) is 0 Å². The van der Waals surface area contributed by atoms with Crippen molar-refractivity contribution in [1.82, 2.24) is 15.0 Å². The molecule has 5 heteroatoms. The van der Waals surface area contributed by atoms with Crippen molar-refractivity contribution in [3.8, 4) is 0 Å². The van der Waals surface area contributed by atoms with Gasteiger partial charge in [0.15, 0.2) is 11.4 Å². The van der Waals surface area contributed by atoms with E-state index >= 15 is 0 Å². The first-order valence-corrected chi connectivity index (χ1v) is 5.07. The minimum absolute atomic E-state index is 0.551. The molecule has 0 saturated heterocycles. The Bertz CT molecular complexity index is 461. The summed E-state index contributed by atoms with van der Waals surface area (Å²) in [6, 6.07) is 5.17. The minimum atomic E-state index is 0.551. The number of rotatable bonds is 3. The topological polar surface area (TPSA) is 55.7 Å². The number of aromatic nitrogens is 3. The average Bonchev–Trinajstić information content (AvgIpc) is 2.31. The zero-order valence-electron chi connectivity index (χ0n) is 7.70. The van der Waals surface area contributed by atoms with E-state index in [0.29, 0.717) is 15.7 Å². The molecule has 0 fully saturated rings. The highest BCUT2D eigenvalue weighted by Gasteiger charge is 2.05. The summed E-state index contributed by atoms with van der Waals surface area (Å²) in [6.45, 7) is 0. The highest BCUT2D eigenvalue weighted by Crippen LogP contribution is 2.23. The maximum absolute atomic E-state index is 10.7. The van der Waals surface area contributed by atoms with Crippen LogP contribution in [0.1, 0.15) is 10.4 Å². The van der Waals surface area contributed by atoms with E-state index in [9.17, 15) is 4.79 Å². The predicted octanol–water partition coefficient (Wildman–Crippen LogP) is 1.84. The first-order valence-electron chi connectivity index (χ1n) is 4.25. The molecule has 0 aliphatic carbocycles. The van der Waals surface area contributed by atoms with Gasteiger partial charge in [0.2, 0.25) is 0 Å². The molecular formula is C10H7N3OS. The van der Waals surface area contributed by atoms with Gasteiger partial charge in [-0.05, 0) is 30.0 Å². The fraction of sp³-hybridized carbons (Fsp3) is 0. The number of nitrogens with zero attached hydrogens (tertiary/aromatic N) is 3. The Labute approximate surface area is 90.8 Å². The number of carbonyl (C=O) groups is 1. The van der Waals surface area contributed by atoms with Crippen molar-refractivity contribution in [3.05, 3.63) is 42.4 Å². The van der Waals surface area contributed by atoms with Crippen molar-refractivity contribution in [1.29, 1.82) is 0 Å². The molecular weight excluding hydrogens is 210 g/mol. The summed E-state index contributed by atoms with van der Waals surface area (Å²) in [4.78, 5) is 22.9. The quantitative estimate of drug-likeness (QED) is 0.580. The van der Waals surface area contributed by atoms with Crippen LogP contribution in [0.3, 0.4) is 0 Å². The smallest absolute Gasteiger partial charge is 0.193 e. The van der Waals surface area contributed by atoms with E-state index in [4.69, 9.17) is 0 Å². The second kappa shape index (κ2) is 4.65. The van der Waals surface area contributed by atoms with Crippen molar-refractivity contribution in [2.45, 2.75) is 10.2 Å². The molecule has 2 rings (SSSR count). The van der Waals surface area contributed by atoms with Crippen molar-refractivity contribution >= 4 is 18.0 Å². The molecule has 2 aromatic heterocycles. The SMILES string of the molecule is O=Cc1cccnc1Sc1ncccn1. The molecule has 0 unspecified atom stereocenters. The number of pyridine rings is 1. The molecule has 0 radical (unpaired) electrons. The lowest BCUT2D eigenvalue weighted by Crippen LogP contribution is -1.90. The standard InChI is InChI=1S/C10H7N3OS/c14-7-8-3-1-4-11-9(8)15-10-12-5-2-6-13-10/h1-7H. The summed E-state index contributed by atoms with van der Waals surface area (Å²) in [5.41, 5.74) is 0.551. The fourth-order valence-electron chi connectivity index (χ4n) is 1.00. The zero-order chi connectivity index (χ0) is 10.5. The summed E-state index contributed by atoms with van der Waals surface area (Å²) in [6.07, 6.45) is 5.72. The average molecular weight is 217 g/mol. The minimum Gasteiger partial charge on any atom is -0.298 e. The van der Waals surface area contributed by atoms with E-state index in [2.05, 4.69) is 15.0 Å². The molecule has 2 heterocycles. The molecule has 0 amide bonds. The van der Waals surface area contributed by atoms with Crippen LogP contribution in [0.2, 0.25) is 0 Å². The molecule has 0 spiro atoms. The summed E-state index contributed by atoms with van der Waals surface area (Å²) in [7, 11) is 0. The summed E-state index contributed by atoms with van der Waals surface area (Å²) in [5, 5.41) is 1.21. The molecule has 0 saturated carbocycles. The van der Waals surface area contributed by atoms with Crippen LogP contribution < -0.4 is 0 Å². The van der Waals surface area contributed by atoms with Crippen LogP contribution in [-0.4, -0.2) is 21.2 Å². The summed E-state index contributed by atoms with van der Waals surface area (Å²) < 4.78 is 0. The summed E-state index contributed by atoms with van der Waals surface area (Å²) >= 11 is 1.27. The van der Waals surface area contributed by atoms with Crippen LogP contribution in [0.5, 0.6) is 0 Å². The third kappa shape index (κ3) is 2.38. The molecule has 0 aliphatic rings. The van der Waals surface area contributed by atoms with Crippen LogP contribution in [0.4, 0.5) is 0 Å². The summed E-state index contributed by atoms with van der Waals surface area (Å²) in [5.74, 6) is 0. The van der Waals surface area contributed by atoms with E-state index < -0.39 is 0 Å². The second-order valence-electron chi connectivity index (χ2n) is 2.65. The normalized spacial score (nSPS) is 9.87. The maximum atomic E-state index is 10.7. The van der Waals surface area contributed by atoms with E-state index in [1.54, 1.807) is 36.8 Å². The monoisotopic (exact) mass is 217 g/mol. The van der Waals surface area contributed by atoms with Gasteiger partial charge >= 0.3 is 0 Å². The van der Waals surface area contributed by atoms with Gasteiger partial charge in [-0.25, -0.2) is 15.0 Å². The predicted molar refractivity (Wildman–Crippen MR) is 55.8 cm³/mol. The lowest BCUT2D eigenvalue weighted by atomic mass is 10.3. The lowest BCUT2D eigenvalue weighted by Gasteiger charge is -2.00. The van der Waals surface area contributed by atoms with Gasteiger partial charge in [0.05, 0.1) is 0 Å². The van der Waals surface area contributed by atoms with E-state index in [-0.39, 0.29) is 0 Å². The molecule has 2 aromatic rings. The largest absolute Gasteiger partial charge is 0.298 e. The Balaban J connectivity index is 2.28. The molecule has 0 aromatic carbocycles. The number of carbonyl (C=O) groups excluding carboxylic acids is 1. The molecule has 15 heavy (non-hydrogen) atoms. The molecule has 0 aliphatic heterocycles. The van der Waals surface area contributed by atoms with Gasteiger partial charge in [-0.3, -0.25) is 4.79 Å². The third-order valence-corrected chi connectivity index (χ3v) is 2.59. The number of aldehydes is 1. The Hall–Kier alpha value is -1.75. The van der Waals surface area contributed by atoms with Crippen LogP contribution in [0.15, 0.2) is 47.0 Å². The van der Waals surface area contributed by atoms with Crippen molar-refractivity contribution in [2.75, 3.05) is 0 Å². The van der Waals surface area contributed by atoms with Gasteiger partial charge < -0.3 is 0 Å². The molecule has 0 atom stereocenters. The van der Waals surface area contributed by atoms with Gasteiger partial charge in [0, 0.05) is 24.2 Å². The number of hydrogen-bond acceptors (Lipinski definition) is 5. The van der Waals surface area contributed by atoms with Crippen molar-refractivity contribution in [3.63, 3.8) is 0 Å². The van der Waals surface area contributed by atoms with Gasteiger partial charge in [0.1, 0.15) is 5.03 Å². The van der Waals surface area contributed by atoms with Crippen molar-refractivity contribution < 1.29 is 4.79 Å². The maximum Gasteiger partial charge on any atom is 0.193 e. The van der Waals surface area contributed by atoms with Crippen LogP contribution in [0.25, 0.3) is 0 Å². The van der Waals surface area contributed by atoms with Gasteiger partial charge in [-0.1, -0.05) is 0 Å². The first kappa shape index (κ1) is 9.79. The Morgan fingerprint density at radius 1 is 1.07 bits per heavy atom. The highest BCUT2D eigenvalue weighted by atomic mass is 32.2. The van der Waals surface area contributed by atoms with Crippen LogP contribution in [-0.2, 0) is 0 Å². The highest BCUT2D eigenvalue weighted by molar-refractivity contribution is 7.99. The van der Waals surface area contributed by atoms with Crippen LogP contribution >= 0.6 is 11.8 Å². The second-order valence-corrected chi connectivity index (χ2v) is 3.61. The van der Waals surface area contributed by atoms with Gasteiger partial charge in [0.25, 0.3) is 0 Å². The molecule has 0 bridgehead atoms. The molecule has 4 nitrogen and oxygen atoms in total.